The summed E-state index contributed by atoms with van der Waals surface area (Å²) in [6.07, 6.45) is 0. The predicted octanol–water partition coefficient (Wildman–Crippen LogP) is 4.39. The van der Waals surface area contributed by atoms with Gasteiger partial charge in [-0.15, -0.1) is 10.2 Å². The molecule has 1 amide bonds. The number of hydrogen-bond acceptors (Lipinski definition) is 7. The third-order valence-corrected chi connectivity index (χ3v) is 4.60. The van der Waals surface area contributed by atoms with E-state index < -0.39 is 0 Å². The summed E-state index contributed by atoms with van der Waals surface area (Å²) in [4.78, 5) is 12.1. The number of rotatable bonds is 9. The second-order valence-corrected chi connectivity index (χ2v) is 7.29. The number of aryl methyl sites for hydroxylation is 2. The van der Waals surface area contributed by atoms with E-state index in [2.05, 4.69) is 21.6 Å². The Hall–Kier alpha value is -3.00. The Labute approximate surface area is 173 Å². The van der Waals surface area contributed by atoms with Crippen LogP contribution in [0.4, 0.5) is 5.69 Å². The Morgan fingerprint density at radius 1 is 1.03 bits per heavy atom. The molecule has 0 bridgehead atoms. The van der Waals surface area contributed by atoms with Gasteiger partial charge in [-0.3, -0.25) is 4.79 Å². The van der Waals surface area contributed by atoms with Crippen LogP contribution in [0.2, 0.25) is 0 Å². The molecule has 3 rings (SSSR count). The number of carbonyl (C=O) groups is 1. The number of ether oxygens (including phenoxy) is 2. The van der Waals surface area contributed by atoms with Crippen molar-refractivity contribution in [3.05, 3.63) is 59.5 Å². The SMILES string of the molecule is CCOc1ccc(NC(=O)CSc2nnc(COc3cc(C)cc(C)c3)o2)cc1. The van der Waals surface area contributed by atoms with Crippen molar-refractivity contribution in [2.75, 3.05) is 17.7 Å². The average molecular weight is 413 g/mol. The first kappa shape index (κ1) is 20.7. The number of aromatic nitrogens is 2. The van der Waals surface area contributed by atoms with E-state index in [4.69, 9.17) is 13.9 Å². The van der Waals surface area contributed by atoms with Gasteiger partial charge < -0.3 is 19.2 Å². The molecule has 0 saturated carbocycles. The van der Waals surface area contributed by atoms with E-state index >= 15 is 0 Å². The maximum Gasteiger partial charge on any atom is 0.277 e. The normalized spacial score (nSPS) is 10.6. The van der Waals surface area contributed by atoms with Crippen LogP contribution in [0.1, 0.15) is 23.9 Å². The molecule has 0 aliphatic rings. The van der Waals surface area contributed by atoms with Gasteiger partial charge in [-0.25, -0.2) is 0 Å². The monoisotopic (exact) mass is 413 g/mol. The van der Waals surface area contributed by atoms with Crippen molar-refractivity contribution >= 4 is 23.4 Å². The highest BCUT2D eigenvalue weighted by Crippen LogP contribution is 2.20. The maximum atomic E-state index is 12.1. The molecule has 0 unspecified atom stereocenters. The average Bonchev–Trinajstić information content (AvgIpc) is 3.14. The zero-order chi connectivity index (χ0) is 20.6. The zero-order valence-corrected chi connectivity index (χ0v) is 17.4. The Bertz CT molecular complexity index is 937. The van der Waals surface area contributed by atoms with Gasteiger partial charge in [0.2, 0.25) is 5.91 Å². The summed E-state index contributed by atoms with van der Waals surface area (Å²) < 4.78 is 16.6. The Morgan fingerprint density at radius 3 is 2.45 bits per heavy atom. The standard InChI is InChI=1S/C21H23N3O4S/c1-4-26-17-7-5-16(6-8-17)22-19(25)13-29-21-24-23-20(28-21)12-27-18-10-14(2)9-15(3)11-18/h5-11H,4,12-13H2,1-3H3,(H,22,25). The summed E-state index contributed by atoms with van der Waals surface area (Å²) in [7, 11) is 0. The van der Waals surface area contributed by atoms with Gasteiger partial charge in [0.05, 0.1) is 12.4 Å². The highest BCUT2D eigenvalue weighted by Gasteiger charge is 2.11. The molecule has 0 radical (unpaired) electrons. The smallest absolute Gasteiger partial charge is 0.277 e. The summed E-state index contributed by atoms with van der Waals surface area (Å²) in [5.41, 5.74) is 2.95. The molecular formula is C21H23N3O4S. The lowest BCUT2D eigenvalue weighted by molar-refractivity contribution is -0.113. The van der Waals surface area contributed by atoms with E-state index in [0.717, 1.165) is 22.6 Å². The highest BCUT2D eigenvalue weighted by atomic mass is 32.2. The van der Waals surface area contributed by atoms with Gasteiger partial charge in [-0.05, 0) is 68.3 Å². The Morgan fingerprint density at radius 2 is 1.76 bits per heavy atom. The van der Waals surface area contributed by atoms with Crippen LogP contribution in [-0.2, 0) is 11.4 Å². The van der Waals surface area contributed by atoms with Crippen LogP contribution in [-0.4, -0.2) is 28.5 Å². The molecule has 0 aliphatic heterocycles. The molecule has 1 heterocycles. The van der Waals surface area contributed by atoms with E-state index in [1.54, 1.807) is 12.1 Å². The van der Waals surface area contributed by atoms with Crippen LogP contribution < -0.4 is 14.8 Å². The maximum absolute atomic E-state index is 12.1. The van der Waals surface area contributed by atoms with Gasteiger partial charge >= 0.3 is 0 Å². The number of thioether (sulfide) groups is 1. The lowest BCUT2D eigenvalue weighted by Gasteiger charge is -2.06. The minimum absolute atomic E-state index is 0.160. The number of nitrogens with one attached hydrogen (secondary N) is 1. The number of benzene rings is 2. The van der Waals surface area contributed by atoms with Crippen molar-refractivity contribution in [1.29, 1.82) is 0 Å². The Kier molecular flexibility index (Phi) is 7.13. The van der Waals surface area contributed by atoms with Gasteiger partial charge in [-0.2, -0.15) is 0 Å². The van der Waals surface area contributed by atoms with Crippen LogP contribution in [0.25, 0.3) is 0 Å². The summed E-state index contributed by atoms with van der Waals surface area (Å²) in [5.74, 6) is 1.88. The first-order valence-electron chi connectivity index (χ1n) is 9.21. The van der Waals surface area contributed by atoms with Crippen molar-refractivity contribution in [3.8, 4) is 11.5 Å². The van der Waals surface area contributed by atoms with Crippen LogP contribution in [0.15, 0.2) is 52.1 Å². The van der Waals surface area contributed by atoms with E-state index in [9.17, 15) is 4.79 Å². The third kappa shape index (κ3) is 6.53. The molecule has 0 spiro atoms. The lowest BCUT2D eigenvalue weighted by Crippen LogP contribution is -2.13. The summed E-state index contributed by atoms with van der Waals surface area (Å²) in [6, 6.07) is 13.2. The molecule has 0 atom stereocenters. The zero-order valence-electron chi connectivity index (χ0n) is 16.6. The third-order valence-electron chi connectivity index (χ3n) is 3.78. The van der Waals surface area contributed by atoms with Crippen molar-refractivity contribution < 1.29 is 18.7 Å². The first-order valence-corrected chi connectivity index (χ1v) is 10.2. The minimum Gasteiger partial charge on any atom is -0.494 e. The molecule has 3 aromatic rings. The van der Waals surface area contributed by atoms with Gasteiger partial charge in [0.1, 0.15) is 11.5 Å². The quantitative estimate of drug-likeness (QED) is 0.521. The Balaban J connectivity index is 1.45. The molecule has 2 aromatic carbocycles. The van der Waals surface area contributed by atoms with Crippen molar-refractivity contribution in [2.24, 2.45) is 0 Å². The topological polar surface area (TPSA) is 86.5 Å². The molecule has 1 aromatic heterocycles. The molecular weight excluding hydrogens is 390 g/mol. The summed E-state index contributed by atoms with van der Waals surface area (Å²) in [6.45, 7) is 6.73. The van der Waals surface area contributed by atoms with Crippen molar-refractivity contribution in [1.82, 2.24) is 10.2 Å². The fourth-order valence-electron chi connectivity index (χ4n) is 2.64. The largest absolute Gasteiger partial charge is 0.494 e. The molecule has 7 nitrogen and oxygen atoms in total. The van der Waals surface area contributed by atoms with Gasteiger partial charge in [0.25, 0.3) is 11.1 Å². The lowest BCUT2D eigenvalue weighted by atomic mass is 10.1. The van der Waals surface area contributed by atoms with Crippen molar-refractivity contribution in [2.45, 2.75) is 32.6 Å². The van der Waals surface area contributed by atoms with Crippen LogP contribution in [0.3, 0.4) is 0 Å². The fourth-order valence-corrected chi connectivity index (χ4v) is 3.22. The molecule has 0 fully saturated rings. The predicted molar refractivity (Wildman–Crippen MR) is 112 cm³/mol. The van der Waals surface area contributed by atoms with Crippen LogP contribution in [0.5, 0.6) is 11.5 Å². The van der Waals surface area contributed by atoms with Gasteiger partial charge in [-0.1, -0.05) is 17.8 Å². The van der Waals surface area contributed by atoms with E-state index in [1.807, 2.05) is 45.0 Å². The van der Waals surface area contributed by atoms with E-state index in [1.165, 1.54) is 11.8 Å². The number of anilines is 1. The highest BCUT2D eigenvalue weighted by molar-refractivity contribution is 7.99. The van der Waals surface area contributed by atoms with E-state index in [0.29, 0.717) is 23.4 Å². The first-order chi connectivity index (χ1) is 14.0. The molecule has 0 saturated heterocycles. The second-order valence-electron chi connectivity index (χ2n) is 6.37. The van der Waals surface area contributed by atoms with Crippen LogP contribution >= 0.6 is 11.8 Å². The summed E-state index contributed by atoms with van der Waals surface area (Å²) >= 11 is 1.17. The molecule has 8 heteroatoms. The van der Waals surface area contributed by atoms with Crippen LogP contribution in [0, 0.1) is 13.8 Å². The fraction of sp³-hybridized carbons (Fsp3) is 0.286. The number of carbonyl (C=O) groups excluding carboxylic acids is 1. The number of hydrogen-bond donors (Lipinski definition) is 1. The van der Waals surface area contributed by atoms with Crippen molar-refractivity contribution in [3.63, 3.8) is 0 Å². The summed E-state index contributed by atoms with van der Waals surface area (Å²) in [5, 5.41) is 11.0. The number of amides is 1. The van der Waals surface area contributed by atoms with Gasteiger partial charge in [0.15, 0.2) is 6.61 Å². The minimum atomic E-state index is -0.162. The molecule has 1 N–H and O–H groups in total. The van der Waals surface area contributed by atoms with E-state index in [-0.39, 0.29) is 18.3 Å². The molecule has 0 aliphatic carbocycles. The number of nitrogens with zero attached hydrogens (tertiary/aromatic N) is 2. The second kappa shape index (κ2) is 9.97. The molecule has 29 heavy (non-hydrogen) atoms. The molecule has 152 valence electrons. The van der Waals surface area contributed by atoms with Gasteiger partial charge in [0, 0.05) is 5.69 Å².